The standard InChI is InChI=1S/C32H44N8O6/c1-4-21(18-36-2)32(44)40(3)29-22-6-8-27(46-14-11-35)24(17-22)23-15-20(5-7-26(23)45-13-10-34)16-25(30(42)37-12-9-33)39-28(41)19-38-31(29)43/h5-8,15,17,21,25,29,36H,4,10-14,16,18-19,34-35H2,1-3H3,(H,37,42)(H,38,43)(H,39,41). The lowest BCUT2D eigenvalue weighted by atomic mass is 9.93. The van der Waals surface area contributed by atoms with Crippen LogP contribution >= 0.6 is 0 Å². The molecule has 248 valence electrons. The van der Waals surface area contributed by atoms with Gasteiger partial charge in [-0.15, -0.1) is 0 Å². The Bertz CT molecular complexity index is 1430. The van der Waals surface area contributed by atoms with Gasteiger partial charge in [0, 0.05) is 44.2 Å². The molecule has 14 nitrogen and oxygen atoms in total. The van der Waals surface area contributed by atoms with Crippen LogP contribution in [0.2, 0.25) is 0 Å². The van der Waals surface area contributed by atoms with E-state index >= 15 is 0 Å². The number of carbonyl (C=O) groups excluding carboxylic acids is 4. The number of carbonyl (C=O) groups is 4. The molecule has 4 bridgehead atoms. The van der Waals surface area contributed by atoms with Crippen molar-refractivity contribution in [2.75, 3.05) is 60.0 Å². The Balaban J connectivity index is 2.27. The van der Waals surface area contributed by atoms with Gasteiger partial charge >= 0.3 is 0 Å². The van der Waals surface area contributed by atoms with Gasteiger partial charge in [-0.25, -0.2) is 0 Å². The zero-order chi connectivity index (χ0) is 33.6. The fraction of sp³-hybridized carbons (Fsp3) is 0.469. The van der Waals surface area contributed by atoms with Crippen molar-refractivity contribution in [1.82, 2.24) is 26.2 Å². The Hall–Kier alpha value is -4.71. The molecule has 46 heavy (non-hydrogen) atoms. The quantitative estimate of drug-likeness (QED) is 0.156. The SMILES string of the molecule is CCC(CNC)C(=O)N(C)C1C(=O)NCC(=O)NC(C(=O)NCC#N)Cc2ccc(OCCN)c(c2)-c2cc1ccc2OCCN. The smallest absolute Gasteiger partial charge is 0.247 e. The normalized spacial score (nSPS) is 17.0. The largest absolute Gasteiger partial charge is 0.492 e. The number of nitrogens with zero attached hydrogens (tertiary/aromatic N) is 2. The third-order valence-corrected chi connectivity index (χ3v) is 7.54. The fourth-order valence-electron chi connectivity index (χ4n) is 5.26. The molecule has 0 saturated carbocycles. The van der Waals surface area contributed by atoms with Crippen LogP contribution in [0.25, 0.3) is 11.1 Å². The van der Waals surface area contributed by atoms with Gasteiger partial charge in [-0.05, 0) is 48.9 Å². The van der Waals surface area contributed by atoms with E-state index < -0.39 is 42.3 Å². The van der Waals surface area contributed by atoms with E-state index in [9.17, 15) is 19.2 Å². The maximum absolute atomic E-state index is 13.8. The second kappa shape index (κ2) is 17.7. The number of hydrogen-bond donors (Lipinski definition) is 6. The highest BCUT2D eigenvalue weighted by Crippen LogP contribution is 2.40. The molecule has 0 spiro atoms. The number of fused-ring (bicyclic) bond motifs is 5. The maximum Gasteiger partial charge on any atom is 0.247 e. The second-order valence-electron chi connectivity index (χ2n) is 10.8. The molecule has 1 heterocycles. The summed E-state index contributed by atoms with van der Waals surface area (Å²) in [5.74, 6) is -1.50. The minimum absolute atomic E-state index is 0.0729. The molecular formula is C32H44N8O6. The monoisotopic (exact) mass is 636 g/mol. The van der Waals surface area contributed by atoms with Crippen LogP contribution in [0.3, 0.4) is 0 Å². The molecular weight excluding hydrogens is 592 g/mol. The van der Waals surface area contributed by atoms with Crippen molar-refractivity contribution in [3.8, 4) is 28.7 Å². The predicted octanol–water partition coefficient (Wildman–Crippen LogP) is -0.429. The van der Waals surface area contributed by atoms with Crippen molar-refractivity contribution in [2.24, 2.45) is 17.4 Å². The number of nitrogens with two attached hydrogens (primary N) is 2. The van der Waals surface area contributed by atoms with Crippen molar-refractivity contribution in [1.29, 1.82) is 5.26 Å². The van der Waals surface area contributed by atoms with E-state index in [1.54, 1.807) is 44.4 Å². The van der Waals surface area contributed by atoms with Gasteiger partial charge in [0.05, 0.1) is 18.5 Å². The minimum Gasteiger partial charge on any atom is -0.492 e. The number of rotatable bonds is 13. The number of ether oxygens (including phenoxy) is 2. The number of hydrogen-bond acceptors (Lipinski definition) is 10. The highest BCUT2D eigenvalue weighted by atomic mass is 16.5. The maximum atomic E-state index is 13.8. The average Bonchev–Trinajstić information content (AvgIpc) is 3.06. The van der Waals surface area contributed by atoms with Crippen LogP contribution in [-0.4, -0.2) is 94.6 Å². The third-order valence-electron chi connectivity index (χ3n) is 7.54. The first-order valence-electron chi connectivity index (χ1n) is 15.2. The molecule has 3 atom stereocenters. The number of nitrogens with one attached hydrogen (secondary N) is 4. The summed E-state index contributed by atoms with van der Waals surface area (Å²) in [4.78, 5) is 54.9. The molecule has 0 aromatic heterocycles. The number of nitriles is 1. The summed E-state index contributed by atoms with van der Waals surface area (Å²) in [7, 11) is 3.31. The van der Waals surface area contributed by atoms with Crippen molar-refractivity contribution in [3.05, 3.63) is 47.5 Å². The van der Waals surface area contributed by atoms with Gasteiger partial charge in [-0.1, -0.05) is 19.1 Å². The Morgan fingerprint density at radius 3 is 2.35 bits per heavy atom. The lowest BCUT2D eigenvalue weighted by Crippen LogP contribution is -2.52. The Morgan fingerprint density at radius 2 is 1.74 bits per heavy atom. The summed E-state index contributed by atoms with van der Waals surface area (Å²) < 4.78 is 12.0. The Labute approximate surface area is 269 Å². The van der Waals surface area contributed by atoms with Crippen LogP contribution in [-0.2, 0) is 25.6 Å². The van der Waals surface area contributed by atoms with E-state index in [1.165, 1.54) is 4.90 Å². The number of amides is 4. The van der Waals surface area contributed by atoms with Crippen LogP contribution in [0.5, 0.6) is 11.5 Å². The summed E-state index contributed by atoms with van der Waals surface area (Å²) in [6.45, 7) is 2.55. The molecule has 3 rings (SSSR count). The third kappa shape index (κ3) is 9.16. The first-order valence-corrected chi connectivity index (χ1v) is 15.2. The van der Waals surface area contributed by atoms with Crippen LogP contribution in [0.15, 0.2) is 36.4 Å². The van der Waals surface area contributed by atoms with Crippen molar-refractivity contribution in [3.63, 3.8) is 0 Å². The van der Waals surface area contributed by atoms with E-state index in [1.807, 2.05) is 19.1 Å². The van der Waals surface area contributed by atoms with Crippen molar-refractivity contribution < 1.29 is 28.7 Å². The molecule has 2 aromatic rings. The van der Waals surface area contributed by atoms with Crippen LogP contribution in [0, 0.1) is 17.2 Å². The molecule has 2 aromatic carbocycles. The van der Waals surface area contributed by atoms with Crippen LogP contribution in [0.1, 0.15) is 30.5 Å². The van der Waals surface area contributed by atoms with Gasteiger partial charge in [0.2, 0.25) is 23.6 Å². The molecule has 14 heteroatoms. The molecule has 0 saturated heterocycles. The minimum atomic E-state index is -1.12. The lowest BCUT2D eigenvalue weighted by Gasteiger charge is -2.31. The molecule has 0 fully saturated rings. The summed E-state index contributed by atoms with van der Waals surface area (Å²) >= 11 is 0. The molecule has 1 aliphatic rings. The Kier molecular flexibility index (Phi) is 13.8. The average molecular weight is 637 g/mol. The Morgan fingerprint density at radius 1 is 1.09 bits per heavy atom. The predicted molar refractivity (Wildman–Crippen MR) is 171 cm³/mol. The molecule has 0 radical (unpaired) electrons. The second-order valence-corrected chi connectivity index (χ2v) is 10.8. The van der Waals surface area contributed by atoms with Gasteiger partial charge in [0.15, 0.2) is 0 Å². The summed E-state index contributed by atoms with van der Waals surface area (Å²) in [6.07, 6.45) is 0.616. The zero-order valence-electron chi connectivity index (χ0n) is 26.6. The van der Waals surface area contributed by atoms with Gasteiger partial charge in [0.25, 0.3) is 0 Å². The molecule has 1 aliphatic heterocycles. The van der Waals surface area contributed by atoms with Crippen molar-refractivity contribution >= 4 is 23.6 Å². The zero-order valence-corrected chi connectivity index (χ0v) is 26.6. The van der Waals surface area contributed by atoms with Crippen molar-refractivity contribution in [2.45, 2.75) is 31.8 Å². The fourth-order valence-corrected chi connectivity index (χ4v) is 5.26. The van der Waals surface area contributed by atoms with Crippen LogP contribution < -0.4 is 42.2 Å². The first kappa shape index (κ1) is 35.8. The van der Waals surface area contributed by atoms with E-state index in [-0.39, 0.29) is 45.2 Å². The molecule has 0 aliphatic carbocycles. The molecule has 4 amide bonds. The van der Waals surface area contributed by atoms with Crippen LogP contribution in [0.4, 0.5) is 0 Å². The van der Waals surface area contributed by atoms with E-state index in [0.29, 0.717) is 46.7 Å². The first-order chi connectivity index (χ1) is 22.2. The van der Waals surface area contributed by atoms with Gasteiger partial charge in [-0.3, -0.25) is 19.2 Å². The molecule has 8 N–H and O–H groups in total. The van der Waals surface area contributed by atoms with E-state index in [0.717, 1.165) is 0 Å². The number of likely N-dealkylation sites (N-methyl/N-ethyl adjacent to an activating group) is 1. The topological polar surface area (TPSA) is 214 Å². The van der Waals surface area contributed by atoms with E-state index in [4.69, 9.17) is 26.2 Å². The van der Waals surface area contributed by atoms with Gasteiger partial charge in [0.1, 0.15) is 43.3 Å². The summed E-state index contributed by atoms with van der Waals surface area (Å²) in [6, 6.07) is 10.2. The summed E-state index contributed by atoms with van der Waals surface area (Å²) in [5.41, 5.74) is 13.8. The lowest BCUT2D eigenvalue weighted by molar-refractivity contribution is -0.142. The van der Waals surface area contributed by atoms with Gasteiger partial charge in [-0.2, -0.15) is 5.26 Å². The highest BCUT2D eigenvalue weighted by molar-refractivity contribution is 5.94. The highest BCUT2D eigenvalue weighted by Gasteiger charge is 2.33. The summed E-state index contributed by atoms with van der Waals surface area (Å²) in [5, 5.41) is 19.8. The molecule has 3 unspecified atom stereocenters. The number of benzene rings is 2. The van der Waals surface area contributed by atoms with E-state index in [2.05, 4.69) is 21.3 Å². The van der Waals surface area contributed by atoms with Gasteiger partial charge < -0.3 is 47.1 Å².